The van der Waals surface area contributed by atoms with Gasteiger partial charge in [-0.15, -0.1) is 0 Å². The summed E-state index contributed by atoms with van der Waals surface area (Å²) < 4.78 is 8.67. The van der Waals surface area contributed by atoms with Crippen molar-refractivity contribution < 1.29 is 9.57 Å². The lowest BCUT2D eigenvalue weighted by Crippen LogP contribution is -2.23. The third kappa shape index (κ3) is 5.20. The molecule has 1 heterocycles. The van der Waals surface area contributed by atoms with E-state index < -0.39 is 0 Å². The maximum atomic E-state index is 12.3. The van der Waals surface area contributed by atoms with Crippen LogP contribution in [0.1, 0.15) is 49.9 Å². The summed E-state index contributed by atoms with van der Waals surface area (Å²) in [4.78, 5) is 17.9. The largest absolute Gasteiger partial charge is 0.489 e. The maximum absolute atomic E-state index is 12.3. The Hall–Kier alpha value is -3.42. The molecule has 1 aromatic heterocycles. The van der Waals surface area contributed by atoms with Crippen molar-refractivity contribution in [2.24, 2.45) is 12.2 Å². The monoisotopic (exact) mass is 423 g/mol. The highest BCUT2D eigenvalue weighted by Gasteiger charge is 2.15. The van der Waals surface area contributed by atoms with Gasteiger partial charge < -0.3 is 9.57 Å². The first-order chi connectivity index (χ1) is 14.6. The Balaban J connectivity index is 1.89. The lowest BCUT2D eigenvalue weighted by molar-refractivity contribution is 0.000954. The second-order valence-electron chi connectivity index (χ2n) is 8.52. The van der Waals surface area contributed by atoms with Crippen molar-refractivity contribution in [1.29, 1.82) is 0 Å². The van der Waals surface area contributed by atoms with E-state index in [2.05, 4.69) is 15.6 Å². The van der Waals surface area contributed by atoms with E-state index in [0.717, 1.165) is 33.7 Å². The van der Waals surface area contributed by atoms with E-state index in [9.17, 15) is 4.79 Å². The van der Waals surface area contributed by atoms with Crippen molar-refractivity contribution in [3.63, 3.8) is 0 Å². The Labute approximate surface area is 182 Å². The van der Waals surface area contributed by atoms with Gasteiger partial charge in [0, 0.05) is 18.2 Å². The van der Waals surface area contributed by atoms with Crippen LogP contribution in [0.2, 0.25) is 0 Å². The number of rotatable bonds is 6. The molecule has 0 saturated heterocycles. The van der Waals surface area contributed by atoms with Crippen molar-refractivity contribution in [3.05, 3.63) is 69.1 Å². The number of hydrogen-bond donors (Lipinski definition) is 0. The van der Waals surface area contributed by atoms with Crippen LogP contribution in [0.5, 0.6) is 5.75 Å². The van der Waals surface area contributed by atoms with Crippen LogP contribution >= 0.6 is 0 Å². The predicted molar refractivity (Wildman–Crippen MR) is 120 cm³/mol. The summed E-state index contributed by atoms with van der Waals surface area (Å²) in [5.41, 5.74) is 4.54. The topological polar surface area (TPSA) is 83.5 Å². The van der Waals surface area contributed by atoms with Gasteiger partial charge in [0.15, 0.2) is 0 Å². The molecule has 0 bridgehead atoms. The van der Waals surface area contributed by atoms with Crippen molar-refractivity contribution in [3.8, 4) is 11.4 Å². The Kier molecular flexibility index (Phi) is 6.29. The predicted octanol–water partition coefficient (Wildman–Crippen LogP) is 3.70. The minimum absolute atomic E-state index is 0.282. The van der Waals surface area contributed by atoms with Gasteiger partial charge in [-0.3, -0.25) is 0 Å². The van der Waals surface area contributed by atoms with Crippen molar-refractivity contribution in [1.82, 2.24) is 19.8 Å². The molecule has 8 heteroatoms. The first-order valence-corrected chi connectivity index (χ1v) is 10.1. The highest BCUT2D eigenvalue weighted by atomic mass is 16.6. The average molecular weight is 424 g/mol. The summed E-state index contributed by atoms with van der Waals surface area (Å²) in [5, 5.41) is 12.0. The van der Waals surface area contributed by atoms with Crippen LogP contribution in [0.25, 0.3) is 5.69 Å². The maximum Gasteiger partial charge on any atom is 0.368 e. The summed E-state index contributed by atoms with van der Waals surface area (Å²) in [6, 6.07) is 11.6. The van der Waals surface area contributed by atoms with Gasteiger partial charge in [0.05, 0.1) is 11.4 Å². The Morgan fingerprint density at radius 2 is 1.84 bits per heavy atom. The molecule has 8 nitrogen and oxygen atoms in total. The average Bonchev–Trinajstić information content (AvgIpc) is 3.04. The summed E-state index contributed by atoms with van der Waals surface area (Å²) in [7, 11) is 1.57. The standard InChI is InChI=1S/C23H29N5O3/c1-15-9-8-10-20(28-22(29)27(7)25-26-28)19(15)14-30-21-13-18(12-11-16(21)2)17(3)24-31-23(4,5)6/h8-13H,14H2,1-7H3. The molecule has 0 unspecified atom stereocenters. The molecule has 3 rings (SSSR count). The SMILES string of the molecule is CC(=NOC(C)(C)C)c1ccc(C)c(OCc2c(C)cccc2-n2nnn(C)c2=O)c1. The minimum Gasteiger partial charge on any atom is -0.489 e. The molecule has 31 heavy (non-hydrogen) atoms. The molecule has 164 valence electrons. The van der Waals surface area contributed by atoms with Crippen LogP contribution < -0.4 is 10.4 Å². The van der Waals surface area contributed by atoms with Gasteiger partial charge in [-0.1, -0.05) is 29.4 Å². The van der Waals surface area contributed by atoms with Gasteiger partial charge in [-0.25, -0.2) is 4.79 Å². The molecule has 0 aliphatic carbocycles. The van der Waals surface area contributed by atoms with Crippen LogP contribution in [0.3, 0.4) is 0 Å². The van der Waals surface area contributed by atoms with Crippen LogP contribution in [0, 0.1) is 13.8 Å². The Morgan fingerprint density at radius 3 is 2.48 bits per heavy atom. The fourth-order valence-corrected chi connectivity index (χ4v) is 2.93. The first-order valence-electron chi connectivity index (χ1n) is 10.1. The van der Waals surface area contributed by atoms with Crippen LogP contribution in [0.4, 0.5) is 0 Å². The second-order valence-corrected chi connectivity index (χ2v) is 8.52. The van der Waals surface area contributed by atoms with E-state index in [1.807, 2.05) is 77.9 Å². The van der Waals surface area contributed by atoms with Crippen LogP contribution in [-0.4, -0.2) is 31.1 Å². The number of oxime groups is 1. The minimum atomic E-state index is -0.356. The van der Waals surface area contributed by atoms with E-state index in [-0.39, 0.29) is 17.9 Å². The molecule has 3 aromatic rings. The lowest BCUT2D eigenvalue weighted by atomic mass is 10.1. The van der Waals surface area contributed by atoms with Gasteiger partial charge in [-0.05, 0) is 75.2 Å². The molecule has 2 aromatic carbocycles. The zero-order valence-corrected chi connectivity index (χ0v) is 19.1. The molecule has 0 fully saturated rings. The number of tetrazole rings is 1. The summed E-state index contributed by atoms with van der Waals surface area (Å²) in [5.74, 6) is 0.739. The number of nitrogens with zero attached hydrogens (tertiary/aromatic N) is 5. The number of hydrogen-bond acceptors (Lipinski definition) is 6. The van der Waals surface area contributed by atoms with E-state index >= 15 is 0 Å². The molecule has 0 N–H and O–H groups in total. The van der Waals surface area contributed by atoms with E-state index in [1.165, 1.54) is 9.36 Å². The first kappa shape index (κ1) is 22.3. The van der Waals surface area contributed by atoms with Crippen molar-refractivity contribution >= 4 is 5.71 Å². The zero-order valence-electron chi connectivity index (χ0n) is 19.1. The van der Waals surface area contributed by atoms with E-state index in [1.54, 1.807) is 7.05 Å². The van der Waals surface area contributed by atoms with Gasteiger partial charge in [0.1, 0.15) is 18.0 Å². The molecule has 0 aliphatic heterocycles. The second kappa shape index (κ2) is 8.75. The van der Waals surface area contributed by atoms with Crippen LogP contribution in [0.15, 0.2) is 46.3 Å². The fourth-order valence-electron chi connectivity index (χ4n) is 2.93. The van der Waals surface area contributed by atoms with Crippen LogP contribution in [-0.2, 0) is 18.5 Å². The van der Waals surface area contributed by atoms with Gasteiger partial charge >= 0.3 is 5.69 Å². The Morgan fingerprint density at radius 1 is 1.10 bits per heavy atom. The number of benzene rings is 2. The molecular formula is C23H29N5O3. The highest BCUT2D eigenvalue weighted by molar-refractivity contribution is 5.98. The van der Waals surface area contributed by atoms with Gasteiger partial charge in [-0.2, -0.15) is 9.36 Å². The lowest BCUT2D eigenvalue weighted by Gasteiger charge is -2.17. The molecule has 0 spiro atoms. The van der Waals surface area contributed by atoms with E-state index in [4.69, 9.17) is 9.57 Å². The quantitative estimate of drug-likeness (QED) is 0.446. The Bertz CT molecular complexity index is 1170. The molecule has 0 atom stereocenters. The molecule has 0 amide bonds. The summed E-state index contributed by atoms with van der Waals surface area (Å²) in [6.07, 6.45) is 0. The van der Waals surface area contributed by atoms with Gasteiger partial charge in [0.25, 0.3) is 0 Å². The molecule has 0 saturated carbocycles. The molecule has 0 aliphatic rings. The highest BCUT2D eigenvalue weighted by Crippen LogP contribution is 2.24. The molecular weight excluding hydrogens is 394 g/mol. The molecule has 0 radical (unpaired) electrons. The number of aryl methyl sites for hydroxylation is 3. The number of ether oxygens (including phenoxy) is 1. The fraction of sp³-hybridized carbons (Fsp3) is 0.391. The van der Waals surface area contributed by atoms with Crippen molar-refractivity contribution in [2.45, 2.75) is 53.8 Å². The third-order valence-corrected chi connectivity index (χ3v) is 4.77. The third-order valence-electron chi connectivity index (χ3n) is 4.77. The zero-order chi connectivity index (χ0) is 22.8. The van der Waals surface area contributed by atoms with E-state index in [0.29, 0.717) is 5.69 Å². The van der Waals surface area contributed by atoms with Crippen molar-refractivity contribution in [2.75, 3.05) is 0 Å². The van der Waals surface area contributed by atoms with Gasteiger partial charge in [0.2, 0.25) is 0 Å². The number of aromatic nitrogens is 4. The smallest absolute Gasteiger partial charge is 0.368 e. The summed E-state index contributed by atoms with van der Waals surface area (Å²) in [6.45, 7) is 12.0. The summed E-state index contributed by atoms with van der Waals surface area (Å²) >= 11 is 0. The normalized spacial score (nSPS) is 12.2.